The van der Waals surface area contributed by atoms with Gasteiger partial charge in [0.05, 0.1) is 23.7 Å². The summed E-state index contributed by atoms with van der Waals surface area (Å²) in [5.41, 5.74) is 1.20. The Morgan fingerprint density at radius 1 is 1.07 bits per heavy atom. The van der Waals surface area contributed by atoms with Crippen molar-refractivity contribution in [2.24, 2.45) is 0 Å². The quantitative estimate of drug-likeness (QED) is 0.172. The molecule has 216 valence electrons. The summed E-state index contributed by atoms with van der Waals surface area (Å²) in [6.07, 6.45) is -2.38. The first kappa shape index (κ1) is 29.5. The second-order valence-corrected chi connectivity index (χ2v) is 9.17. The van der Waals surface area contributed by atoms with Gasteiger partial charge >= 0.3 is 6.18 Å². The third-order valence-corrected chi connectivity index (χ3v) is 6.26. The molecule has 1 aromatic heterocycles. The highest BCUT2D eigenvalue weighted by Crippen LogP contribution is 2.34. The number of nitrogens with one attached hydrogen (secondary N) is 2. The molecule has 0 spiro atoms. The third-order valence-electron chi connectivity index (χ3n) is 6.26. The number of aromatic nitrogens is 1. The molecule has 1 aliphatic heterocycles. The van der Waals surface area contributed by atoms with E-state index in [-0.39, 0.29) is 44.2 Å². The lowest BCUT2D eigenvalue weighted by molar-refractivity contribution is -0.385. The lowest BCUT2D eigenvalue weighted by Crippen LogP contribution is -2.35. The van der Waals surface area contributed by atoms with Gasteiger partial charge in [-0.05, 0) is 41.0 Å². The van der Waals surface area contributed by atoms with Crippen LogP contribution in [0, 0.1) is 10.1 Å². The molecule has 41 heavy (non-hydrogen) atoms. The Bertz CT molecular complexity index is 1360. The second kappa shape index (κ2) is 13.2. The van der Waals surface area contributed by atoms with Crippen LogP contribution in [-0.4, -0.2) is 40.3 Å². The van der Waals surface area contributed by atoms with Gasteiger partial charge in [0.1, 0.15) is 12.0 Å². The summed E-state index contributed by atoms with van der Waals surface area (Å²) >= 11 is 0. The predicted octanol–water partition coefficient (Wildman–Crippen LogP) is 4.66. The number of nitro groups is 1. The number of anilines is 1. The molecule has 0 aliphatic carbocycles. The molecule has 1 amide bonds. The average molecular weight is 573 g/mol. The van der Waals surface area contributed by atoms with Gasteiger partial charge in [-0.15, -0.1) is 0 Å². The van der Waals surface area contributed by atoms with Crippen LogP contribution in [0.25, 0.3) is 0 Å². The normalized spacial score (nSPS) is 16.8. The summed E-state index contributed by atoms with van der Waals surface area (Å²) in [6.45, 7) is 0.476. The first-order valence-corrected chi connectivity index (χ1v) is 12.6. The standard InChI is InChI=1S/C28H27F3N4O6/c29-28(30,31)22-7-5-20(6-8-22)21-13-24(41-26(14-21)40-17-19-3-1-18(16-36)2-4-19)27(37)33-12-11-32-25-10-9-23(15-34-25)35(38)39/h1-10,13,15,21,26,36H,11-12,14,16-17H2,(H,32,34)(H,33,37)/t21-,26+/m1/s1. The zero-order chi connectivity index (χ0) is 29.4. The summed E-state index contributed by atoms with van der Waals surface area (Å²) in [4.78, 5) is 27.1. The van der Waals surface area contributed by atoms with Crippen LogP contribution >= 0.6 is 0 Å². The van der Waals surface area contributed by atoms with Crippen LogP contribution in [0.4, 0.5) is 24.7 Å². The predicted molar refractivity (Wildman–Crippen MR) is 141 cm³/mol. The van der Waals surface area contributed by atoms with Gasteiger partial charge in [-0.1, -0.05) is 36.4 Å². The molecule has 2 heterocycles. The van der Waals surface area contributed by atoms with Gasteiger partial charge in [0.25, 0.3) is 11.6 Å². The van der Waals surface area contributed by atoms with Crippen LogP contribution < -0.4 is 10.6 Å². The van der Waals surface area contributed by atoms with Crippen LogP contribution in [0.2, 0.25) is 0 Å². The van der Waals surface area contributed by atoms with Crippen molar-refractivity contribution >= 4 is 17.4 Å². The number of aliphatic hydroxyl groups is 1. The summed E-state index contributed by atoms with van der Waals surface area (Å²) < 4.78 is 50.9. The summed E-state index contributed by atoms with van der Waals surface area (Å²) in [5.74, 6) is -0.631. The smallest absolute Gasteiger partial charge is 0.416 e. The highest BCUT2D eigenvalue weighted by molar-refractivity contribution is 5.91. The number of carbonyl (C=O) groups excluding carboxylic acids is 1. The van der Waals surface area contributed by atoms with E-state index in [2.05, 4.69) is 15.6 Å². The Balaban J connectivity index is 1.40. The van der Waals surface area contributed by atoms with Crippen LogP contribution in [0.15, 0.2) is 78.7 Å². The first-order valence-electron chi connectivity index (χ1n) is 12.6. The molecule has 0 unspecified atom stereocenters. The number of hydrogen-bond acceptors (Lipinski definition) is 8. The fourth-order valence-corrected chi connectivity index (χ4v) is 4.05. The average Bonchev–Trinajstić information content (AvgIpc) is 2.98. The van der Waals surface area contributed by atoms with Gasteiger partial charge in [-0.3, -0.25) is 14.9 Å². The Labute approximate surface area is 233 Å². The largest absolute Gasteiger partial charge is 0.459 e. The van der Waals surface area contributed by atoms with Crippen molar-refractivity contribution in [3.05, 3.63) is 111 Å². The summed E-state index contributed by atoms with van der Waals surface area (Å²) in [5, 5.41) is 25.6. The van der Waals surface area contributed by atoms with Crippen LogP contribution in [0.5, 0.6) is 0 Å². The topological polar surface area (TPSA) is 136 Å². The monoisotopic (exact) mass is 572 g/mol. The van der Waals surface area contributed by atoms with Crippen molar-refractivity contribution in [3.8, 4) is 0 Å². The third kappa shape index (κ3) is 8.25. The van der Waals surface area contributed by atoms with E-state index in [0.717, 1.165) is 29.5 Å². The molecule has 3 aromatic rings. The molecule has 4 rings (SSSR count). The van der Waals surface area contributed by atoms with E-state index in [4.69, 9.17) is 9.47 Å². The molecular weight excluding hydrogens is 545 g/mol. The SMILES string of the molecule is O=C(NCCNc1ccc([N+](=O)[O-])cn1)C1=C[C@@H](c2ccc(C(F)(F)F)cc2)C[C@@H](OCc2ccc(CO)cc2)O1. The number of alkyl halides is 3. The molecule has 2 aromatic carbocycles. The number of amides is 1. The molecule has 0 radical (unpaired) electrons. The number of halogens is 3. The minimum Gasteiger partial charge on any atom is -0.459 e. The molecule has 3 N–H and O–H groups in total. The van der Waals surface area contributed by atoms with Crippen molar-refractivity contribution < 1.29 is 37.5 Å². The second-order valence-electron chi connectivity index (χ2n) is 9.17. The van der Waals surface area contributed by atoms with E-state index < -0.39 is 34.8 Å². The molecule has 2 atom stereocenters. The van der Waals surface area contributed by atoms with E-state index in [1.807, 2.05) is 0 Å². The number of benzene rings is 2. The maximum absolute atomic E-state index is 13.1. The molecule has 1 aliphatic rings. The number of pyridine rings is 1. The van der Waals surface area contributed by atoms with Crippen molar-refractivity contribution in [2.75, 3.05) is 18.4 Å². The first-order chi connectivity index (χ1) is 19.6. The molecule has 10 nitrogen and oxygen atoms in total. The van der Waals surface area contributed by atoms with E-state index in [0.29, 0.717) is 11.4 Å². The summed E-state index contributed by atoms with van der Waals surface area (Å²) in [7, 11) is 0. The highest BCUT2D eigenvalue weighted by Gasteiger charge is 2.32. The van der Waals surface area contributed by atoms with Crippen LogP contribution in [0.1, 0.15) is 34.6 Å². The van der Waals surface area contributed by atoms with Crippen molar-refractivity contribution in [3.63, 3.8) is 0 Å². The van der Waals surface area contributed by atoms with E-state index in [1.54, 1.807) is 30.3 Å². The minimum absolute atomic E-state index is 0.0322. The number of hydrogen-bond donors (Lipinski definition) is 3. The van der Waals surface area contributed by atoms with Gasteiger partial charge in [0, 0.05) is 31.5 Å². The maximum Gasteiger partial charge on any atom is 0.416 e. The fraction of sp³-hybridized carbons (Fsp3) is 0.286. The number of carbonyl (C=O) groups is 1. The molecule has 0 saturated heterocycles. The van der Waals surface area contributed by atoms with Gasteiger partial charge in [-0.25, -0.2) is 4.98 Å². The molecular formula is C28H27F3N4O6. The highest BCUT2D eigenvalue weighted by atomic mass is 19.4. The molecule has 0 bridgehead atoms. The zero-order valence-corrected chi connectivity index (χ0v) is 21.6. The van der Waals surface area contributed by atoms with Gasteiger partial charge in [0.15, 0.2) is 5.76 Å². The zero-order valence-electron chi connectivity index (χ0n) is 21.6. The number of allylic oxidation sites excluding steroid dienone is 1. The van der Waals surface area contributed by atoms with Crippen LogP contribution in [-0.2, 0) is 33.7 Å². The van der Waals surface area contributed by atoms with E-state index >= 15 is 0 Å². The van der Waals surface area contributed by atoms with Crippen molar-refractivity contribution in [2.45, 2.75) is 38.0 Å². The number of ether oxygens (including phenoxy) is 2. The number of aliphatic hydroxyl groups excluding tert-OH is 1. The Morgan fingerprint density at radius 3 is 2.39 bits per heavy atom. The number of rotatable bonds is 11. The minimum atomic E-state index is -4.47. The van der Waals surface area contributed by atoms with Crippen molar-refractivity contribution in [1.29, 1.82) is 0 Å². The summed E-state index contributed by atoms with van der Waals surface area (Å²) in [6, 6.07) is 14.6. The molecule has 0 fully saturated rings. The van der Waals surface area contributed by atoms with E-state index in [1.165, 1.54) is 24.3 Å². The van der Waals surface area contributed by atoms with Crippen molar-refractivity contribution in [1.82, 2.24) is 10.3 Å². The molecule has 0 saturated carbocycles. The maximum atomic E-state index is 13.1. The lowest BCUT2D eigenvalue weighted by atomic mass is 9.92. The fourth-order valence-electron chi connectivity index (χ4n) is 4.05. The number of nitrogens with zero attached hydrogens (tertiary/aromatic N) is 2. The lowest BCUT2D eigenvalue weighted by Gasteiger charge is -2.29. The van der Waals surface area contributed by atoms with Gasteiger partial charge < -0.3 is 25.2 Å². The Kier molecular flexibility index (Phi) is 9.53. The molecule has 13 heteroatoms. The Hall–Kier alpha value is -4.49. The van der Waals surface area contributed by atoms with Crippen LogP contribution in [0.3, 0.4) is 0 Å². The van der Waals surface area contributed by atoms with Gasteiger partial charge in [0.2, 0.25) is 6.29 Å². The Morgan fingerprint density at radius 2 is 1.78 bits per heavy atom. The van der Waals surface area contributed by atoms with Gasteiger partial charge in [-0.2, -0.15) is 13.2 Å². The van der Waals surface area contributed by atoms with E-state index in [9.17, 15) is 33.2 Å².